The molecule has 1 aliphatic rings. The molecule has 0 aliphatic carbocycles. The van der Waals surface area contributed by atoms with Crippen molar-refractivity contribution < 1.29 is 0 Å². The van der Waals surface area contributed by atoms with Gasteiger partial charge in [0.1, 0.15) is 11.6 Å². The lowest BCUT2D eigenvalue weighted by atomic mass is 9.91. The van der Waals surface area contributed by atoms with Crippen LogP contribution in [0, 0.1) is 6.92 Å². The Morgan fingerprint density at radius 1 is 1.22 bits per heavy atom. The fourth-order valence-corrected chi connectivity index (χ4v) is 3.75. The van der Waals surface area contributed by atoms with E-state index >= 15 is 0 Å². The second-order valence-corrected chi connectivity index (χ2v) is 7.33. The highest BCUT2D eigenvalue weighted by atomic mass is 15.2. The first-order chi connectivity index (χ1) is 13.2. The lowest BCUT2D eigenvalue weighted by Crippen LogP contribution is -2.34. The minimum Gasteiger partial charge on any atom is -0.337 e. The summed E-state index contributed by atoms with van der Waals surface area (Å²) in [6.45, 7) is 5.16. The Labute approximate surface area is 160 Å². The maximum absolute atomic E-state index is 4.51. The summed E-state index contributed by atoms with van der Waals surface area (Å²) in [4.78, 5) is 15.7. The highest BCUT2D eigenvalue weighted by Gasteiger charge is 2.22. The first-order valence-electron chi connectivity index (χ1n) is 9.51. The number of pyridine rings is 2. The Bertz CT molecular complexity index is 903. The van der Waals surface area contributed by atoms with Gasteiger partial charge in [-0.25, -0.2) is 15.0 Å². The van der Waals surface area contributed by atoms with Gasteiger partial charge in [0.15, 0.2) is 0 Å². The number of likely N-dealkylation sites (tertiary alicyclic amines) is 1. The molecule has 140 valence electrons. The van der Waals surface area contributed by atoms with Gasteiger partial charge >= 0.3 is 0 Å². The van der Waals surface area contributed by atoms with E-state index in [9.17, 15) is 0 Å². The summed E-state index contributed by atoms with van der Waals surface area (Å²) < 4.78 is 2.10. The van der Waals surface area contributed by atoms with Crippen LogP contribution in [0.4, 0.5) is 11.6 Å². The number of hydrogen-bond acceptors (Lipinski definition) is 5. The molecule has 1 atom stereocenters. The van der Waals surface area contributed by atoms with E-state index in [2.05, 4.69) is 48.9 Å². The number of nitrogens with one attached hydrogen (secondary N) is 1. The van der Waals surface area contributed by atoms with Crippen molar-refractivity contribution in [3.8, 4) is 0 Å². The highest BCUT2D eigenvalue weighted by molar-refractivity contribution is 5.52. The van der Waals surface area contributed by atoms with Crippen LogP contribution in [0.3, 0.4) is 0 Å². The monoisotopic (exact) mass is 362 g/mol. The van der Waals surface area contributed by atoms with E-state index in [1.165, 1.54) is 24.1 Å². The van der Waals surface area contributed by atoms with Crippen molar-refractivity contribution in [3.63, 3.8) is 0 Å². The standard InChI is InChI=1S/C21H26N6/c1-16-5-3-7-20(24-16)25-21-11-17(8-9-23-21)18-6-4-10-27(13-18)14-19-12-22-15-26(19)2/h3,5,7-9,11-12,15,18H,4,6,10,13-14H2,1-2H3,(H,23,24,25). The zero-order valence-corrected chi connectivity index (χ0v) is 16.0. The van der Waals surface area contributed by atoms with Crippen LogP contribution in [0.1, 0.15) is 35.7 Å². The van der Waals surface area contributed by atoms with Gasteiger partial charge in [-0.15, -0.1) is 0 Å². The summed E-state index contributed by atoms with van der Waals surface area (Å²) in [5.41, 5.74) is 3.60. The van der Waals surface area contributed by atoms with E-state index in [4.69, 9.17) is 0 Å². The number of hydrogen-bond donors (Lipinski definition) is 1. The van der Waals surface area contributed by atoms with E-state index < -0.39 is 0 Å². The van der Waals surface area contributed by atoms with E-state index in [1.54, 1.807) is 0 Å². The minimum atomic E-state index is 0.529. The molecule has 6 nitrogen and oxygen atoms in total. The summed E-state index contributed by atoms with van der Waals surface area (Å²) in [6, 6.07) is 10.3. The molecule has 0 aromatic carbocycles. The Kier molecular flexibility index (Phi) is 5.16. The van der Waals surface area contributed by atoms with Gasteiger partial charge in [0, 0.05) is 38.2 Å². The van der Waals surface area contributed by atoms with E-state index in [-0.39, 0.29) is 0 Å². The number of rotatable bonds is 5. The molecule has 0 radical (unpaired) electrons. The molecule has 4 heterocycles. The molecule has 0 amide bonds. The molecule has 0 spiro atoms. The Morgan fingerprint density at radius 2 is 2.15 bits per heavy atom. The van der Waals surface area contributed by atoms with Crippen LogP contribution >= 0.6 is 0 Å². The normalized spacial score (nSPS) is 17.8. The molecule has 1 aliphatic heterocycles. The fourth-order valence-electron chi connectivity index (χ4n) is 3.75. The zero-order valence-electron chi connectivity index (χ0n) is 16.0. The molecule has 3 aromatic heterocycles. The van der Waals surface area contributed by atoms with Crippen molar-refractivity contribution >= 4 is 11.6 Å². The van der Waals surface area contributed by atoms with Gasteiger partial charge in [-0.3, -0.25) is 4.90 Å². The number of nitrogens with zero attached hydrogens (tertiary/aromatic N) is 5. The van der Waals surface area contributed by atoms with Crippen molar-refractivity contribution in [2.24, 2.45) is 7.05 Å². The van der Waals surface area contributed by atoms with Crippen molar-refractivity contribution in [2.75, 3.05) is 18.4 Å². The number of aromatic nitrogens is 4. The highest BCUT2D eigenvalue weighted by Crippen LogP contribution is 2.29. The molecule has 6 heteroatoms. The Hall–Kier alpha value is -2.73. The van der Waals surface area contributed by atoms with Gasteiger partial charge < -0.3 is 9.88 Å². The van der Waals surface area contributed by atoms with Gasteiger partial charge in [-0.1, -0.05) is 6.07 Å². The van der Waals surface area contributed by atoms with Crippen molar-refractivity contribution in [1.29, 1.82) is 0 Å². The molecule has 1 fully saturated rings. The van der Waals surface area contributed by atoms with Crippen molar-refractivity contribution in [1.82, 2.24) is 24.4 Å². The van der Waals surface area contributed by atoms with Gasteiger partial charge in [0.25, 0.3) is 0 Å². The summed E-state index contributed by atoms with van der Waals surface area (Å²) in [6.07, 6.45) is 8.17. The summed E-state index contributed by atoms with van der Waals surface area (Å²) in [5, 5.41) is 3.33. The molecular formula is C21H26N6. The number of anilines is 2. The average molecular weight is 362 g/mol. The van der Waals surface area contributed by atoms with Crippen molar-refractivity contribution in [2.45, 2.75) is 32.2 Å². The Balaban J connectivity index is 1.45. The van der Waals surface area contributed by atoms with Gasteiger partial charge in [-0.05, 0) is 62.1 Å². The second-order valence-electron chi connectivity index (χ2n) is 7.33. The average Bonchev–Trinajstić information content (AvgIpc) is 3.07. The van der Waals surface area contributed by atoms with Gasteiger partial charge in [-0.2, -0.15) is 0 Å². The SMILES string of the molecule is Cc1cccc(Nc2cc(C3CCCN(Cc4cncn4C)C3)ccn2)n1. The lowest BCUT2D eigenvalue weighted by molar-refractivity contribution is 0.196. The number of piperidine rings is 1. The van der Waals surface area contributed by atoms with Crippen LogP contribution < -0.4 is 5.32 Å². The van der Waals surface area contributed by atoms with Crippen LogP contribution in [0.2, 0.25) is 0 Å². The molecule has 1 unspecified atom stereocenters. The van der Waals surface area contributed by atoms with Crippen LogP contribution in [-0.2, 0) is 13.6 Å². The van der Waals surface area contributed by atoms with Crippen LogP contribution in [-0.4, -0.2) is 37.5 Å². The molecule has 0 saturated carbocycles. The van der Waals surface area contributed by atoms with Crippen LogP contribution in [0.5, 0.6) is 0 Å². The van der Waals surface area contributed by atoms with E-state index in [0.717, 1.165) is 37.0 Å². The lowest BCUT2D eigenvalue weighted by Gasteiger charge is -2.33. The quantitative estimate of drug-likeness (QED) is 0.751. The Morgan fingerprint density at radius 3 is 2.96 bits per heavy atom. The smallest absolute Gasteiger partial charge is 0.131 e. The second kappa shape index (κ2) is 7.88. The van der Waals surface area contributed by atoms with E-state index in [0.29, 0.717) is 5.92 Å². The third kappa shape index (κ3) is 4.34. The van der Waals surface area contributed by atoms with Gasteiger partial charge in [0.2, 0.25) is 0 Å². The number of aryl methyl sites for hydroxylation is 2. The first-order valence-corrected chi connectivity index (χ1v) is 9.51. The van der Waals surface area contributed by atoms with Gasteiger partial charge in [0.05, 0.1) is 12.0 Å². The number of imidazole rings is 1. The third-order valence-electron chi connectivity index (χ3n) is 5.21. The summed E-state index contributed by atoms with van der Waals surface area (Å²) >= 11 is 0. The fraction of sp³-hybridized carbons (Fsp3) is 0.381. The molecule has 4 rings (SSSR count). The van der Waals surface area contributed by atoms with Crippen LogP contribution in [0.15, 0.2) is 49.1 Å². The molecular weight excluding hydrogens is 336 g/mol. The largest absolute Gasteiger partial charge is 0.337 e. The maximum Gasteiger partial charge on any atom is 0.131 e. The zero-order chi connectivity index (χ0) is 18.6. The van der Waals surface area contributed by atoms with Crippen LogP contribution in [0.25, 0.3) is 0 Å². The molecule has 1 N–H and O–H groups in total. The molecule has 3 aromatic rings. The minimum absolute atomic E-state index is 0.529. The predicted molar refractivity (Wildman–Crippen MR) is 107 cm³/mol. The molecule has 1 saturated heterocycles. The first kappa shape index (κ1) is 17.7. The van der Waals surface area contributed by atoms with E-state index in [1.807, 2.05) is 43.8 Å². The summed E-state index contributed by atoms with van der Waals surface area (Å²) in [7, 11) is 2.06. The molecule has 0 bridgehead atoms. The summed E-state index contributed by atoms with van der Waals surface area (Å²) in [5.74, 6) is 2.22. The maximum atomic E-state index is 4.51. The topological polar surface area (TPSA) is 58.9 Å². The molecule has 27 heavy (non-hydrogen) atoms. The third-order valence-corrected chi connectivity index (χ3v) is 5.21. The predicted octanol–water partition coefficient (Wildman–Crippen LogP) is 3.64. The van der Waals surface area contributed by atoms with Crippen molar-refractivity contribution in [3.05, 3.63) is 66.0 Å².